The molecule has 1 aliphatic carbocycles. The third-order valence-corrected chi connectivity index (χ3v) is 4.33. The van der Waals surface area contributed by atoms with Gasteiger partial charge in [-0.15, -0.1) is 0 Å². The fourth-order valence-corrected chi connectivity index (χ4v) is 2.74. The van der Waals surface area contributed by atoms with Crippen LogP contribution in [0, 0.1) is 5.92 Å². The zero-order valence-corrected chi connectivity index (χ0v) is 16.6. The predicted octanol–water partition coefficient (Wildman–Crippen LogP) is 3.84. The lowest BCUT2D eigenvalue weighted by Crippen LogP contribution is -2.28. The highest BCUT2D eigenvalue weighted by atomic mass is 16.1. The molecule has 0 aliphatic heterocycles. The van der Waals surface area contributed by atoms with E-state index in [-0.39, 0.29) is 5.91 Å². The highest BCUT2D eigenvalue weighted by molar-refractivity contribution is 6.03. The first-order valence-electron chi connectivity index (χ1n) is 9.87. The molecule has 1 aromatic carbocycles. The minimum atomic E-state index is -0.230. The highest BCUT2D eigenvalue weighted by Gasteiger charge is 2.25. The van der Waals surface area contributed by atoms with E-state index in [0.717, 1.165) is 42.5 Å². The quantitative estimate of drug-likeness (QED) is 0.738. The molecule has 1 amide bonds. The number of aromatic nitrogens is 2. The number of nitrogens with zero attached hydrogens (tertiary/aromatic N) is 3. The highest BCUT2D eigenvalue weighted by Crippen LogP contribution is 2.31. The molecule has 0 unspecified atom stereocenters. The minimum Gasteiger partial charge on any atom is -0.356 e. The van der Waals surface area contributed by atoms with Gasteiger partial charge in [0.25, 0.3) is 5.91 Å². The van der Waals surface area contributed by atoms with Crippen molar-refractivity contribution in [1.29, 1.82) is 0 Å². The van der Waals surface area contributed by atoms with Gasteiger partial charge >= 0.3 is 0 Å². The largest absolute Gasteiger partial charge is 0.356 e. The van der Waals surface area contributed by atoms with Crippen LogP contribution in [0.5, 0.6) is 0 Å². The molecule has 6 heteroatoms. The van der Waals surface area contributed by atoms with Gasteiger partial charge in [-0.05, 0) is 42.9 Å². The summed E-state index contributed by atoms with van der Waals surface area (Å²) in [4.78, 5) is 23.3. The molecule has 0 bridgehead atoms. The number of benzene rings is 1. The molecular formula is C21H31N5O. The Kier molecular flexibility index (Phi) is 8.20. The molecule has 3 N–H and O–H groups in total. The number of amides is 1. The van der Waals surface area contributed by atoms with Gasteiger partial charge in [0.2, 0.25) is 0 Å². The molecule has 1 aromatic heterocycles. The monoisotopic (exact) mass is 369 g/mol. The number of nitrogens with two attached hydrogens (primary N) is 1. The van der Waals surface area contributed by atoms with Crippen molar-refractivity contribution in [2.24, 2.45) is 11.7 Å². The van der Waals surface area contributed by atoms with Crippen LogP contribution in [-0.4, -0.2) is 29.0 Å². The summed E-state index contributed by atoms with van der Waals surface area (Å²) in [5.41, 5.74) is 7.72. The van der Waals surface area contributed by atoms with Gasteiger partial charge in [0.05, 0.1) is 0 Å². The Morgan fingerprint density at radius 2 is 1.93 bits per heavy atom. The van der Waals surface area contributed by atoms with Crippen molar-refractivity contribution in [3.8, 4) is 0 Å². The maximum atomic E-state index is 12.5. The van der Waals surface area contributed by atoms with Gasteiger partial charge in [0.1, 0.15) is 17.8 Å². The predicted molar refractivity (Wildman–Crippen MR) is 111 cm³/mol. The second-order valence-corrected chi connectivity index (χ2v) is 6.51. The zero-order valence-electron chi connectivity index (χ0n) is 16.6. The second kappa shape index (κ2) is 10.6. The Labute approximate surface area is 162 Å². The van der Waals surface area contributed by atoms with E-state index in [4.69, 9.17) is 5.73 Å². The van der Waals surface area contributed by atoms with Crippen LogP contribution in [0.15, 0.2) is 36.7 Å². The Morgan fingerprint density at radius 3 is 2.52 bits per heavy atom. The van der Waals surface area contributed by atoms with Crippen molar-refractivity contribution in [3.05, 3.63) is 47.9 Å². The molecular weight excluding hydrogens is 338 g/mol. The minimum absolute atomic E-state index is 0.230. The van der Waals surface area contributed by atoms with Crippen molar-refractivity contribution in [2.75, 3.05) is 23.3 Å². The summed E-state index contributed by atoms with van der Waals surface area (Å²) < 4.78 is 0. The van der Waals surface area contributed by atoms with Crippen LogP contribution in [0.3, 0.4) is 0 Å². The molecule has 1 saturated carbocycles. The Morgan fingerprint density at radius 1 is 1.22 bits per heavy atom. The third kappa shape index (κ3) is 6.32. The van der Waals surface area contributed by atoms with Gasteiger partial charge in [0.15, 0.2) is 0 Å². The lowest BCUT2D eigenvalue weighted by atomic mass is 10.2. The first kappa shape index (κ1) is 20.8. The number of hydrogen-bond acceptors (Lipinski definition) is 5. The Balaban J connectivity index is 0.00000126. The van der Waals surface area contributed by atoms with Crippen molar-refractivity contribution in [3.63, 3.8) is 0 Å². The third-order valence-electron chi connectivity index (χ3n) is 4.33. The fraction of sp³-hybridized carbons (Fsp3) is 0.476. The number of anilines is 2. The second-order valence-electron chi connectivity index (χ2n) is 6.51. The smallest absolute Gasteiger partial charge is 0.274 e. The molecule has 27 heavy (non-hydrogen) atoms. The van der Waals surface area contributed by atoms with Crippen molar-refractivity contribution in [1.82, 2.24) is 9.97 Å². The van der Waals surface area contributed by atoms with E-state index < -0.39 is 0 Å². The van der Waals surface area contributed by atoms with Crippen LogP contribution in [0.25, 0.3) is 0 Å². The standard InChI is InChI=1S/C19H25N5O.C2H6/c1-2-9-24(12-15-3-4-15)18-10-17(21-13-22-18)19(25)23-16-7-5-14(11-20)6-8-16;1-2/h5-8,10,13,15H,2-4,9,11-12,20H2,1H3,(H,23,25);1-2H3. The number of carbonyl (C=O) groups is 1. The summed E-state index contributed by atoms with van der Waals surface area (Å²) in [7, 11) is 0. The van der Waals surface area contributed by atoms with Crippen molar-refractivity contribution in [2.45, 2.75) is 46.6 Å². The van der Waals surface area contributed by atoms with Gasteiger partial charge in [0, 0.05) is 31.4 Å². The van der Waals surface area contributed by atoms with E-state index in [1.165, 1.54) is 19.2 Å². The van der Waals surface area contributed by atoms with E-state index >= 15 is 0 Å². The van der Waals surface area contributed by atoms with Gasteiger partial charge in [-0.1, -0.05) is 32.9 Å². The van der Waals surface area contributed by atoms with Crippen LogP contribution < -0.4 is 16.0 Å². The Bertz CT molecular complexity index is 713. The Hall–Kier alpha value is -2.47. The van der Waals surface area contributed by atoms with Gasteiger partial charge in [-0.2, -0.15) is 0 Å². The molecule has 6 nitrogen and oxygen atoms in total. The lowest BCUT2D eigenvalue weighted by molar-refractivity contribution is 0.102. The van der Waals surface area contributed by atoms with Crippen molar-refractivity contribution < 1.29 is 4.79 Å². The normalized spacial score (nSPS) is 12.7. The average Bonchev–Trinajstić information content (AvgIpc) is 3.54. The molecule has 3 rings (SSSR count). The van der Waals surface area contributed by atoms with E-state index in [2.05, 4.69) is 27.1 Å². The number of carbonyl (C=O) groups excluding carboxylic acids is 1. The summed E-state index contributed by atoms with van der Waals surface area (Å²) in [6.45, 7) is 8.58. The van der Waals surface area contributed by atoms with E-state index in [9.17, 15) is 4.79 Å². The van der Waals surface area contributed by atoms with Crippen LogP contribution in [-0.2, 0) is 6.54 Å². The van der Waals surface area contributed by atoms with Crippen LogP contribution in [0.4, 0.5) is 11.5 Å². The maximum Gasteiger partial charge on any atom is 0.274 e. The molecule has 1 fully saturated rings. The lowest BCUT2D eigenvalue weighted by Gasteiger charge is -2.23. The van der Waals surface area contributed by atoms with E-state index in [1.54, 1.807) is 6.07 Å². The molecule has 1 aliphatic rings. The van der Waals surface area contributed by atoms with Crippen molar-refractivity contribution >= 4 is 17.4 Å². The average molecular weight is 370 g/mol. The SMILES string of the molecule is CC.CCCN(CC1CC1)c1cc(C(=O)Nc2ccc(CN)cc2)ncn1. The molecule has 0 saturated heterocycles. The molecule has 0 radical (unpaired) electrons. The van der Waals surface area contributed by atoms with E-state index in [0.29, 0.717) is 12.2 Å². The number of rotatable bonds is 8. The number of nitrogens with one attached hydrogen (secondary N) is 1. The zero-order chi connectivity index (χ0) is 19.6. The van der Waals surface area contributed by atoms with Crippen LogP contribution >= 0.6 is 0 Å². The molecule has 1 heterocycles. The van der Waals surface area contributed by atoms with E-state index in [1.807, 2.05) is 38.1 Å². The molecule has 146 valence electrons. The summed E-state index contributed by atoms with van der Waals surface area (Å²) in [5, 5.41) is 2.87. The van der Waals surface area contributed by atoms with Gasteiger partial charge < -0.3 is 16.0 Å². The summed E-state index contributed by atoms with van der Waals surface area (Å²) >= 11 is 0. The van der Waals surface area contributed by atoms with Gasteiger partial charge in [-0.25, -0.2) is 9.97 Å². The molecule has 2 aromatic rings. The summed E-state index contributed by atoms with van der Waals surface area (Å²) in [6.07, 6.45) is 5.10. The summed E-state index contributed by atoms with van der Waals surface area (Å²) in [6, 6.07) is 9.28. The number of hydrogen-bond donors (Lipinski definition) is 2. The molecule has 0 spiro atoms. The summed E-state index contributed by atoms with van der Waals surface area (Å²) in [5.74, 6) is 1.36. The fourth-order valence-electron chi connectivity index (χ4n) is 2.74. The van der Waals surface area contributed by atoms with Crippen LogP contribution in [0.1, 0.15) is 56.1 Å². The van der Waals surface area contributed by atoms with Crippen LogP contribution in [0.2, 0.25) is 0 Å². The molecule has 0 atom stereocenters. The van der Waals surface area contributed by atoms with Gasteiger partial charge in [-0.3, -0.25) is 4.79 Å². The first-order chi connectivity index (χ1) is 13.2. The maximum absolute atomic E-state index is 12.5. The first-order valence-corrected chi connectivity index (χ1v) is 9.87. The topological polar surface area (TPSA) is 84.1 Å².